The Kier molecular flexibility index (Phi) is 4.95. The molecular formula is C17H12ClN5O4. The van der Waals surface area contributed by atoms with Gasteiger partial charge in [-0.05, 0) is 12.1 Å². The number of rotatable bonds is 4. The molecule has 9 nitrogen and oxygen atoms in total. The Bertz CT molecular complexity index is 1160. The molecule has 27 heavy (non-hydrogen) atoms. The van der Waals surface area contributed by atoms with Gasteiger partial charge in [0.1, 0.15) is 5.02 Å². The average Bonchev–Trinajstić information content (AvgIpc) is 2.65. The number of aryl methyl sites for hydroxylation is 1. The number of nitrogens with zero attached hydrogens (tertiary/aromatic N) is 4. The minimum Gasteiger partial charge on any atom is -0.267 e. The number of benzene rings is 2. The predicted molar refractivity (Wildman–Crippen MR) is 100 cm³/mol. The second-order valence-electron chi connectivity index (χ2n) is 5.49. The molecule has 0 aliphatic rings. The van der Waals surface area contributed by atoms with Crippen molar-refractivity contribution in [3.63, 3.8) is 0 Å². The minimum absolute atomic E-state index is 0.00191. The highest BCUT2D eigenvalue weighted by atomic mass is 35.5. The van der Waals surface area contributed by atoms with Crippen molar-refractivity contribution in [2.75, 3.05) is 0 Å². The summed E-state index contributed by atoms with van der Waals surface area (Å²) in [6, 6.07) is 10.7. The van der Waals surface area contributed by atoms with Gasteiger partial charge in [-0.1, -0.05) is 35.9 Å². The number of halogens is 1. The van der Waals surface area contributed by atoms with Crippen LogP contribution in [0, 0.1) is 10.1 Å². The normalized spacial score (nSPS) is 11.0. The third-order valence-electron chi connectivity index (χ3n) is 3.72. The average molecular weight is 386 g/mol. The van der Waals surface area contributed by atoms with Gasteiger partial charge in [-0.3, -0.25) is 19.7 Å². The monoisotopic (exact) mass is 385 g/mol. The van der Waals surface area contributed by atoms with Crippen molar-refractivity contribution >= 4 is 40.2 Å². The molecule has 1 amide bonds. The molecule has 0 unspecified atom stereocenters. The van der Waals surface area contributed by atoms with E-state index in [1.54, 1.807) is 24.3 Å². The van der Waals surface area contributed by atoms with Crippen LogP contribution in [0.4, 0.5) is 5.69 Å². The lowest BCUT2D eigenvalue weighted by Crippen LogP contribution is -2.27. The zero-order chi connectivity index (χ0) is 19.6. The number of hydrogen-bond acceptors (Lipinski definition) is 6. The highest BCUT2D eigenvalue weighted by molar-refractivity contribution is 6.32. The molecule has 0 atom stereocenters. The lowest BCUT2D eigenvalue weighted by molar-refractivity contribution is -0.384. The van der Waals surface area contributed by atoms with Gasteiger partial charge in [-0.2, -0.15) is 10.2 Å². The van der Waals surface area contributed by atoms with Crippen LogP contribution in [0.3, 0.4) is 0 Å². The molecule has 0 saturated heterocycles. The molecule has 0 bridgehead atoms. The number of carbonyl (C=O) groups is 1. The highest BCUT2D eigenvalue weighted by Gasteiger charge is 2.15. The molecule has 3 rings (SSSR count). The third-order valence-corrected chi connectivity index (χ3v) is 4.04. The van der Waals surface area contributed by atoms with Crippen LogP contribution in [0.1, 0.15) is 16.1 Å². The Morgan fingerprint density at radius 1 is 1.30 bits per heavy atom. The maximum absolute atomic E-state index is 12.4. The van der Waals surface area contributed by atoms with E-state index in [1.165, 1.54) is 31.5 Å². The Morgan fingerprint density at radius 2 is 2.00 bits per heavy atom. The Balaban J connectivity index is 1.87. The summed E-state index contributed by atoms with van der Waals surface area (Å²) in [5.74, 6) is -0.624. The predicted octanol–water partition coefficient (Wildman–Crippen LogP) is 2.26. The first-order valence-corrected chi connectivity index (χ1v) is 7.99. The van der Waals surface area contributed by atoms with Crippen LogP contribution in [-0.4, -0.2) is 26.8 Å². The van der Waals surface area contributed by atoms with Crippen molar-refractivity contribution in [1.29, 1.82) is 0 Å². The number of aromatic nitrogens is 2. The first-order chi connectivity index (χ1) is 12.9. The lowest BCUT2D eigenvalue weighted by atomic mass is 10.1. The summed E-state index contributed by atoms with van der Waals surface area (Å²) in [5, 5.41) is 19.4. The van der Waals surface area contributed by atoms with E-state index in [0.29, 0.717) is 16.3 Å². The van der Waals surface area contributed by atoms with Gasteiger partial charge in [0, 0.05) is 24.1 Å². The van der Waals surface area contributed by atoms with Crippen LogP contribution in [0.25, 0.3) is 10.8 Å². The molecule has 1 N–H and O–H groups in total. The van der Waals surface area contributed by atoms with Gasteiger partial charge >= 0.3 is 0 Å². The fourth-order valence-corrected chi connectivity index (χ4v) is 2.62. The van der Waals surface area contributed by atoms with Crippen LogP contribution >= 0.6 is 11.6 Å². The summed E-state index contributed by atoms with van der Waals surface area (Å²) >= 11 is 5.75. The van der Waals surface area contributed by atoms with Crippen molar-refractivity contribution in [2.45, 2.75) is 0 Å². The van der Waals surface area contributed by atoms with Crippen molar-refractivity contribution < 1.29 is 9.72 Å². The number of nitro benzene ring substituents is 1. The number of nitrogens with one attached hydrogen (secondary N) is 1. The first-order valence-electron chi connectivity index (χ1n) is 7.62. The van der Waals surface area contributed by atoms with E-state index < -0.39 is 10.8 Å². The number of nitro groups is 1. The molecule has 0 spiro atoms. The molecule has 10 heteroatoms. The van der Waals surface area contributed by atoms with E-state index in [0.717, 1.165) is 4.68 Å². The van der Waals surface area contributed by atoms with E-state index in [4.69, 9.17) is 11.6 Å². The van der Waals surface area contributed by atoms with E-state index >= 15 is 0 Å². The van der Waals surface area contributed by atoms with E-state index in [1.807, 2.05) is 0 Å². The molecule has 2 aromatic carbocycles. The summed E-state index contributed by atoms with van der Waals surface area (Å²) in [7, 11) is 1.45. The molecule has 0 fully saturated rings. The molecule has 0 aliphatic heterocycles. The second-order valence-corrected chi connectivity index (χ2v) is 5.90. The van der Waals surface area contributed by atoms with Gasteiger partial charge in [-0.25, -0.2) is 10.1 Å². The quantitative estimate of drug-likeness (QED) is 0.419. The molecule has 0 aliphatic carbocycles. The SMILES string of the molecule is Cn1nc(C(=O)N/N=C\c2ccc(Cl)c([N+](=O)[O-])c2)c2ccccc2c1=O. The molecule has 136 valence electrons. The standard InChI is InChI=1S/C17H12ClN5O4/c1-22-17(25)12-5-3-2-4-11(12)15(21-22)16(24)20-19-9-10-6-7-13(18)14(8-10)23(26)27/h2-9H,1H3,(H,20,24)/b19-9-. The van der Waals surface area contributed by atoms with Gasteiger partial charge < -0.3 is 0 Å². The number of amides is 1. The smallest absolute Gasteiger partial charge is 0.267 e. The fourth-order valence-electron chi connectivity index (χ4n) is 2.44. The Labute approximate surface area is 157 Å². The minimum atomic E-state index is -0.624. The van der Waals surface area contributed by atoms with Crippen LogP contribution in [0.15, 0.2) is 52.4 Å². The number of fused-ring (bicyclic) bond motifs is 1. The lowest BCUT2D eigenvalue weighted by Gasteiger charge is -2.06. The molecule has 1 aromatic heterocycles. The van der Waals surface area contributed by atoms with Crippen molar-refractivity contribution in [3.05, 3.63) is 79.2 Å². The van der Waals surface area contributed by atoms with Gasteiger partial charge in [0.05, 0.1) is 16.5 Å². The fraction of sp³-hybridized carbons (Fsp3) is 0.0588. The largest absolute Gasteiger partial charge is 0.292 e. The zero-order valence-electron chi connectivity index (χ0n) is 13.9. The van der Waals surface area contributed by atoms with E-state index in [9.17, 15) is 19.7 Å². The maximum atomic E-state index is 12.4. The van der Waals surface area contributed by atoms with Gasteiger partial charge in [-0.15, -0.1) is 0 Å². The van der Waals surface area contributed by atoms with Gasteiger partial charge in [0.25, 0.3) is 17.2 Å². The second kappa shape index (κ2) is 7.34. The number of hydrogen-bond donors (Lipinski definition) is 1. The molecular weight excluding hydrogens is 374 g/mol. The van der Waals surface area contributed by atoms with E-state index in [-0.39, 0.29) is 22.0 Å². The van der Waals surface area contributed by atoms with Crippen LogP contribution in [0.5, 0.6) is 0 Å². The van der Waals surface area contributed by atoms with E-state index in [2.05, 4.69) is 15.6 Å². The maximum Gasteiger partial charge on any atom is 0.292 e. The Hall–Kier alpha value is -3.59. The van der Waals surface area contributed by atoms with Gasteiger partial charge in [0.15, 0.2) is 5.69 Å². The number of hydrazone groups is 1. The molecule has 0 radical (unpaired) electrons. The van der Waals surface area contributed by atoms with Crippen molar-refractivity contribution in [1.82, 2.24) is 15.2 Å². The topological polar surface area (TPSA) is 119 Å². The van der Waals surface area contributed by atoms with Crippen molar-refractivity contribution in [3.8, 4) is 0 Å². The summed E-state index contributed by atoms with van der Waals surface area (Å²) in [5.41, 5.74) is 2.13. The van der Waals surface area contributed by atoms with Crippen LogP contribution in [0.2, 0.25) is 5.02 Å². The Morgan fingerprint density at radius 3 is 2.70 bits per heavy atom. The van der Waals surface area contributed by atoms with Crippen LogP contribution < -0.4 is 11.0 Å². The van der Waals surface area contributed by atoms with Gasteiger partial charge in [0.2, 0.25) is 0 Å². The summed E-state index contributed by atoms with van der Waals surface area (Å²) in [6.45, 7) is 0. The first kappa shape index (κ1) is 18.2. The molecule has 1 heterocycles. The molecule has 3 aromatic rings. The van der Waals surface area contributed by atoms with Crippen LogP contribution in [-0.2, 0) is 7.05 Å². The summed E-state index contributed by atoms with van der Waals surface area (Å²) < 4.78 is 1.07. The number of carbonyl (C=O) groups excluding carboxylic acids is 1. The summed E-state index contributed by atoms with van der Waals surface area (Å²) in [6.07, 6.45) is 1.24. The third kappa shape index (κ3) is 3.67. The summed E-state index contributed by atoms with van der Waals surface area (Å²) in [4.78, 5) is 34.8. The molecule has 0 saturated carbocycles. The van der Waals surface area contributed by atoms with Crippen molar-refractivity contribution in [2.24, 2.45) is 12.1 Å². The zero-order valence-corrected chi connectivity index (χ0v) is 14.7. The highest BCUT2D eigenvalue weighted by Crippen LogP contribution is 2.24.